The van der Waals surface area contributed by atoms with E-state index in [9.17, 15) is 5.11 Å². The maximum Gasteiger partial charge on any atom is 0.119 e. The first-order valence-corrected chi connectivity index (χ1v) is 6.94. The minimum Gasteiger partial charge on any atom is -0.497 e. The molecule has 0 aliphatic carbocycles. The van der Waals surface area contributed by atoms with Gasteiger partial charge in [-0.25, -0.2) is 0 Å². The fourth-order valence-electron chi connectivity index (χ4n) is 3.17. The Bertz CT molecular complexity index is 429. The van der Waals surface area contributed by atoms with Crippen LogP contribution in [0.1, 0.15) is 32.3 Å². The molecule has 0 unspecified atom stereocenters. The number of aliphatic hydroxyl groups is 1. The normalized spacial score (nSPS) is 20.3. The minimum absolute atomic E-state index is 0.186. The van der Waals surface area contributed by atoms with E-state index in [1.54, 1.807) is 7.11 Å². The average molecular weight is 263 g/mol. The van der Waals surface area contributed by atoms with Crippen molar-refractivity contribution in [1.82, 2.24) is 4.90 Å². The van der Waals surface area contributed by atoms with Gasteiger partial charge in [-0.3, -0.25) is 0 Å². The molecule has 0 atom stereocenters. The molecule has 3 heteroatoms. The van der Waals surface area contributed by atoms with E-state index in [4.69, 9.17) is 4.74 Å². The van der Waals surface area contributed by atoms with E-state index in [0.717, 1.165) is 31.7 Å². The van der Waals surface area contributed by atoms with Gasteiger partial charge in [-0.1, -0.05) is 12.1 Å². The maximum absolute atomic E-state index is 10.7. The largest absolute Gasteiger partial charge is 0.497 e. The van der Waals surface area contributed by atoms with Gasteiger partial charge in [-0.2, -0.15) is 0 Å². The van der Waals surface area contributed by atoms with Crippen molar-refractivity contribution < 1.29 is 9.84 Å². The van der Waals surface area contributed by atoms with Crippen LogP contribution in [-0.4, -0.2) is 42.9 Å². The van der Waals surface area contributed by atoms with E-state index in [2.05, 4.69) is 24.1 Å². The van der Waals surface area contributed by atoms with Crippen LogP contribution in [0.15, 0.2) is 24.3 Å². The molecular weight excluding hydrogens is 238 g/mol. The first-order valence-electron chi connectivity index (χ1n) is 6.94. The van der Waals surface area contributed by atoms with Crippen LogP contribution in [0, 0.1) is 0 Å². The first kappa shape index (κ1) is 14.4. The molecule has 2 rings (SSSR count). The topological polar surface area (TPSA) is 32.7 Å². The fourth-order valence-corrected chi connectivity index (χ4v) is 3.17. The number of nitrogens with zero attached hydrogens (tertiary/aromatic N) is 1. The molecule has 1 aliphatic rings. The number of hydrogen-bond donors (Lipinski definition) is 1. The third-order valence-corrected chi connectivity index (χ3v) is 4.63. The minimum atomic E-state index is -0.735. The van der Waals surface area contributed by atoms with E-state index in [0.29, 0.717) is 0 Å². The Balaban J connectivity index is 2.43. The zero-order valence-electron chi connectivity index (χ0n) is 12.4. The molecule has 1 fully saturated rings. The highest BCUT2D eigenvalue weighted by Gasteiger charge is 2.46. The quantitative estimate of drug-likeness (QED) is 0.909. The molecule has 0 radical (unpaired) electrons. The Kier molecular flexibility index (Phi) is 3.88. The highest BCUT2D eigenvalue weighted by molar-refractivity contribution is 5.36. The van der Waals surface area contributed by atoms with Crippen LogP contribution in [0.2, 0.25) is 0 Å². The van der Waals surface area contributed by atoms with Crippen molar-refractivity contribution in [3.8, 4) is 5.75 Å². The summed E-state index contributed by atoms with van der Waals surface area (Å²) in [6.45, 7) is 5.89. The molecule has 0 aromatic heterocycles. The summed E-state index contributed by atoms with van der Waals surface area (Å²) in [5.41, 5.74) is 0.266. The molecule has 19 heavy (non-hydrogen) atoms. The zero-order valence-corrected chi connectivity index (χ0v) is 12.4. The van der Waals surface area contributed by atoms with Gasteiger partial charge in [0.05, 0.1) is 12.7 Å². The van der Waals surface area contributed by atoms with Crippen LogP contribution in [0.25, 0.3) is 0 Å². The second-order valence-electron chi connectivity index (χ2n) is 6.18. The number of ether oxygens (including phenoxy) is 1. The van der Waals surface area contributed by atoms with E-state index in [1.807, 2.05) is 26.0 Å². The lowest BCUT2D eigenvalue weighted by atomic mass is 9.63. The molecule has 0 spiro atoms. The lowest BCUT2D eigenvalue weighted by molar-refractivity contribution is -0.0362. The van der Waals surface area contributed by atoms with Gasteiger partial charge < -0.3 is 14.7 Å². The van der Waals surface area contributed by atoms with Crippen molar-refractivity contribution in [2.24, 2.45) is 0 Å². The Hall–Kier alpha value is -1.06. The van der Waals surface area contributed by atoms with Crippen LogP contribution in [0.4, 0.5) is 0 Å². The number of benzene rings is 1. The summed E-state index contributed by atoms with van der Waals surface area (Å²) >= 11 is 0. The summed E-state index contributed by atoms with van der Waals surface area (Å²) in [7, 11) is 3.82. The van der Waals surface area contributed by atoms with Crippen molar-refractivity contribution >= 4 is 0 Å². The Morgan fingerprint density at radius 1 is 1.26 bits per heavy atom. The van der Waals surface area contributed by atoms with Crippen LogP contribution >= 0.6 is 0 Å². The Labute approximate surface area is 116 Å². The third-order valence-electron chi connectivity index (χ3n) is 4.63. The highest BCUT2D eigenvalue weighted by Crippen LogP contribution is 2.44. The smallest absolute Gasteiger partial charge is 0.119 e. The standard InChI is InChI=1S/C16H25NO2/c1-15(2,18)16(8-10-17(3)11-9-16)13-6-5-7-14(12-13)19-4/h5-7,12,18H,8-11H2,1-4H3. The van der Waals surface area contributed by atoms with Gasteiger partial charge in [0.2, 0.25) is 0 Å². The van der Waals surface area contributed by atoms with Crippen molar-refractivity contribution in [1.29, 1.82) is 0 Å². The molecule has 0 saturated carbocycles. The monoisotopic (exact) mass is 263 g/mol. The van der Waals surface area contributed by atoms with Crippen LogP contribution < -0.4 is 4.74 Å². The highest BCUT2D eigenvalue weighted by atomic mass is 16.5. The van der Waals surface area contributed by atoms with Crippen molar-refractivity contribution in [2.45, 2.75) is 37.7 Å². The summed E-state index contributed by atoms with van der Waals surface area (Å²) in [5, 5.41) is 10.7. The molecule has 3 nitrogen and oxygen atoms in total. The Morgan fingerprint density at radius 3 is 2.42 bits per heavy atom. The SMILES string of the molecule is COc1cccc(C2(C(C)(C)O)CCN(C)CC2)c1. The van der Waals surface area contributed by atoms with Crippen LogP contribution in [0.5, 0.6) is 5.75 Å². The summed E-state index contributed by atoms with van der Waals surface area (Å²) in [5.74, 6) is 0.861. The van der Waals surface area contributed by atoms with Gasteiger partial charge in [-0.15, -0.1) is 0 Å². The predicted molar refractivity (Wildman–Crippen MR) is 77.7 cm³/mol. The molecule has 1 heterocycles. The summed E-state index contributed by atoms with van der Waals surface area (Å²) < 4.78 is 5.33. The van der Waals surface area contributed by atoms with E-state index < -0.39 is 5.60 Å². The molecule has 0 bridgehead atoms. The number of hydrogen-bond acceptors (Lipinski definition) is 3. The predicted octanol–water partition coefficient (Wildman–Crippen LogP) is 2.43. The van der Waals surface area contributed by atoms with Crippen LogP contribution in [-0.2, 0) is 5.41 Å². The molecule has 1 N–H and O–H groups in total. The van der Waals surface area contributed by atoms with Crippen molar-refractivity contribution in [2.75, 3.05) is 27.2 Å². The Morgan fingerprint density at radius 2 is 1.89 bits per heavy atom. The number of piperidine rings is 1. The molecule has 1 aromatic carbocycles. The van der Waals surface area contributed by atoms with Gasteiger partial charge in [-0.05, 0) is 64.5 Å². The fraction of sp³-hybridized carbons (Fsp3) is 0.625. The third kappa shape index (κ3) is 2.63. The molecule has 1 aromatic rings. The number of rotatable bonds is 3. The van der Waals surface area contributed by atoms with Crippen molar-refractivity contribution in [3.05, 3.63) is 29.8 Å². The molecular formula is C16H25NO2. The number of methoxy groups -OCH3 is 1. The summed E-state index contributed by atoms with van der Waals surface area (Å²) in [6.07, 6.45) is 1.94. The molecule has 1 aliphatic heterocycles. The van der Waals surface area contributed by atoms with Crippen LogP contribution in [0.3, 0.4) is 0 Å². The van der Waals surface area contributed by atoms with E-state index in [-0.39, 0.29) is 5.41 Å². The van der Waals surface area contributed by atoms with E-state index in [1.165, 1.54) is 5.56 Å². The second kappa shape index (κ2) is 5.14. The van der Waals surface area contributed by atoms with Gasteiger partial charge in [0, 0.05) is 5.41 Å². The van der Waals surface area contributed by atoms with Crippen molar-refractivity contribution in [3.63, 3.8) is 0 Å². The molecule has 1 saturated heterocycles. The molecule has 106 valence electrons. The van der Waals surface area contributed by atoms with E-state index >= 15 is 0 Å². The second-order valence-corrected chi connectivity index (χ2v) is 6.18. The van der Waals surface area contributed by atoms with Gasteiger partial charge in [0.15, 0.2) is 0 Å². The zero-order chi connectivity index (χ0) is 14.1. The summed E-state index contributed by atoms with van der Waals surface area (Å²) in [4.78, 5) is 2.32. The first-order chi connectivity index (χ1) is 8.89. The average Bonchev–Trinajstić information content (AvgIpc) is 2.38. The lowest BCUT2D eigenvalue weighted by Gasteiger charge is -2.48. The summed E-state index contributed by atoms with van der Waals surface area (Å²) in [6, 6.07) is 8.16. The maximum atomic E-state index is 10.7. The number of likely N-dealkylation sites (tertiary alicyclic amines) is 1. The molecule has 0 amide bonds. The van der Waals surface area contributed by atoms with Gasteiger partial charge in [0.1, 0.15) is 5.75 Å². The van der Waals surface area contributed by atoms with Gasteiger partial charge in [0.25, 0.3) is 0 Å². The van der Waals surface area contributed by atoms with Gasteiger partial charge >= 0.3 is 0 Å². The lowest BCUT2D eigenvalue weighted by Crippen LogP contribution is -2.53.